The van der Waals surface area contributed by atoms with Crippen LogP contribution in [-0.4, -0.2) is 44.2 Å². The number of hydrogen-bond donors (Lipinski definition) is 3. The number of aliphatic hydroxyl groups excluding tert-OH is 1. The molecule has 0 aliphatic rings. The summed E-state index contributed by atoms with van der Waals surface area (Å²) in [7, 11) is 1.93. The Labute approximate surface area is 182 Å². The molecule has 2 aromatic carbocycles. The van der Waals surface area contributed by atoms with Crippen molar-refractivity contribution in [1.82, 2.24) is 10.3 Å². The molecule has 6 nitrogen and oxygen atoms in total. The number of nitrogens with one attached hydrogen (secondary N) is 2. The maximum absolute atomic E-state index is 9.41. The molecule has 4 rings (SSSR count). The lowest BCUT2D eigenvalue weighted by Gasteiger charge is -2.09. The van der Waals surface area contributed by atoms with Crippen molar-refractivity contribution in [3.8, 4) is 28.7 Å². The fourth-order valence-corrected chi connectivity index (χ4v) is 3.61. The average molecular weight is 410 g/mol. The van der Waals surface area contributed by atoms with E-state index in [1.54, 1.807) is 12.4 Å². The van der Waals surface area contributed by atoms with Crippen LogP contribution in [0.25, 0.3) is 33.4 Å². The first-order chi connectivity index (χ1) is 15.2. The second kappa shape index (κ2) is 9.48. The molecule has 4 aromatic rings. The molecule has 31 heavy (non-hydrogen) atoms. The molecule has 0 saturated carbocycles. The Morgan fingerprint density at radius 3 is 2.61 bits per heavy atom. The summed E-state index contributed by atoms with van der Waals surface area (Å²) in [5.74, 6) is 1.43. The minimum absolute atomic E-state index is 0.150. The van der Waals surface area contributed by atoms with Gasteiger partial charge in [-0.3, -0.25) is 4.98 Å². The van der Waals surface area contributed by atoms with Crippen molar-refractivity contribution >= 4 is 29.8 Å². The van der Waals surface area contributed by atoms with E-state index in [1.807, 2.05) is 26.0 Å². The van der Waals surface area contributed by atoms with Crippen molar-refractivity contribution in [2.75, 3.05) is 31.6 Å². The molecule has 7 heteroatoms. The van der Waals surface area contributed by atoms with Crippen LogP contribution in [0, 0.1) is 11.3 Å². The van der Waals surface area contributed by atoms with E-state index in [-0.39, 0.29) is 6.61 Å². The number of fused-ring (bicyclic) bond motifs is 1. The van der Waals surface area contributed by atoms with Gasteiger partial charge in [-0.25, -0.2) is 0 Å². The van der Waals surface area contributed by atoms with Crippen LogP contribution in [0.5, 0.6) is 0 Å². The highest BCUT2D eigenvalue weighted by Crippen LogP contribution is 2.31. The number of anilines is 1. The van der Waals surface area contributed by atoms with Crippen LogP contribution in [-0.2, 0) is 0 Å². The summed E-state index contributed by atoms with van der Waals surface area (Å²) in [6.45, 7) is 2.34. The Hall–Kier alpha value is -3.60. The van der Waals surface area contributed by atoms with E-state index in [2.05, 4.69) is 52.0 Å². The Balaban J connectivity index is 1.55. The maximum atomic E-state index is 9.41. The van der Waals surface area contributed by atoms with Crippen LogP contribution in [0.4, 0.5) is 5.69 Å². The van der Waals surface area contributed by atoms with Crippen LogP contribution in [0.1, 0.15) is 5.56 Å². The molecule has 2 aromatic heterocycles. The van der Waals surface area contributed by atoms with Crippen molar-refractivity contribution in [1.29, 1.82) is 5.26 Å². The quantitative estimate of drug-likeness (QED) is 0.305. The highest BCUT2D eigenvalue weighted by atomic mass is 16.3. The third-order valence-corrected chi connectivity index (χ3v) is 5.15. The summed E-state index contributed by atoms with van der Waals surface area (Å²) in [5.41, 5.74) is 4.24. The van der Waals surface area contributed by atoms with Crippen molar-refractivity contribution in [2.24, 2.45) is 0 Å². The first-order valence-electron chi connectivity index (χ1n) is 10.2. The van der Waals surface area contributed by atoms with Crippen molar-refractivity contribution in [3.05, 3.63) is 66.5 Å². The first-order valence-corrected chi connectivity index (χ1v) is 10.2. The lowest BCUT2D eigenvalue weighted by molar-refractivity contribution is 0.293. The van der Waals surface area contributed by atoms with Crippen LogP contribution < -0.4 is 16.1 Å². The predicted molar refractivity (Wildman–Crippen MR) is 126 cm³/mol. The fourth-order valence-electron chi connectivity index (χ4n) is 3.61. The van der Waals surface area contributed by atoms with Gasteiger partial charge in [0.15, 0.2) is 0 Å². The summed E-state index contributed by atoms with van der Waals surface area (Å²) in [4.78, 5) is 4.10. The zero-order valence-electron chi connectivity index (χ0n) is 17.4. The van der Waals surface area contributed by atoms with Crippen molar-refractivity contribution < 1.29 is 9.52 Å². The number of benzene rings is 2. The molecule has 0 fully saturated rings. The number of pyridine rings is 1. The van der Waals surface area contributed by atoms with Gasteiger partial charge in [-0.05, 0) is 41.1 Å². The maximum Gasteiger partial charge on any atom is 0.142 e. The first kappa shape index (κ1) is 20.7. The number of aliphatic hydroxyl groups is 1. The largest absolute Gasteiger partial charge is 0.456 e. The standard InChI is InChI=1S/C24H23BN4O2/c25-21-15-28-14-19(13-26)24(21)23-6-5-22(31-23)18-2-1-17-12-20(4-3-16(17)11-18)29-8-7-27-9-10-30/h1-6,11-12,14-15,27,29-30H,7-10,25H2. The highest BCUT2D eigenvalue weighted by Gasteiger charge is 2.14. The second-order valence-electron chi connectivity index (χ2n) is 7.33. The molecule has 154 valence electrons. The number of nitrogens with zero attached hydrogens (tertiary/aromatic N) is 2. The third-order valence-electron chi connectivity index (χ3n) is 5.15. The molecule has 0 atom stereocenters. The average Bonchev–Trinajstić information content (AvgIpc) is 3.28. The SMILES string of the molecule is Bc1cncc(C#N)c1-c1ccc(-c2ccc3cc(NCCNCCO)ccc3c2)o1. The minimum Gasteiger partial charge on any atom is -0.456 e. The summed E-state index contributed by atoms with van der Waals surface area (Å²) < 4.78 is 6.12. The van der Waals surface area contributed by atoms with Crippen molar-refractivity contribution in [2.45, 2.75) is 0 Å². The summed E-state index contributed by atoms with van der Waals surface area (Å²) in [6.07, 6.45) is 3.30. The van der Waals surface area contributed by atoms with E-state index >= 15 is 0 Å². The van der Waals surface area contributed by atoms with Gasteiger partial charge in [0, 0.05) is 48.8 Å². The molecular formula is C24H23BN4O2. The molecule has 0 aliphatic carbocycles. The predicted octanol–water partition coefficient (Wildman–Crippen LogP) is 2.29. The molecule has 0 radical (unpaired) electrons. The van der Waals surface area contributed by atoms with Gasteiger partial charge in [-0.2, -0.15) is 5.26 Å². The Bertz CT molecular complexity index is 1250. The number of hydrogen-bond acceptors (Lipinski definition) is 6. The molecule has 0 bridgehead atoms. The van der Waals surface area contributed by atoms with Gasteiger partial charge < -0.3 is 20.2 Å². The zero-order chi connectivity index (χ0) is 21.6. The van der Waals surface area contributed by atoms with E-state index in [1.165, 1.54) is 0 Å². The number of nitriles is 1. The van der Waals surface area contributed by atoms with E-state index < -0.39 is 0 Å². The summed E-state index contributed by atoms with van der Waals surface area (Å²) >= 11 is 0. The van der Waals surface area contributed by atoms with E-state index in [9.17, 15) is 5.26 Å². The normalized spacial score (nSPS) is 10.8. The van der Waals surface area contributed by atoms with Gasteiger partial charge in [0.2, 0.25) is 0 Å². The number of furan rings is 1. The van der Waals surface area contributed by atoms with Crippen LogP contribution >= 0.6 is 0 Å². The fraction of sp³-hybridized carbons (Fsp3) is 0.167. The molecular weight excluding hydrogens is 387 g/mol. The Morgan fingerprint density at radius 2 is 1.77 bits per heavy atom. The molecule has 0 unspecified atom stereocenters. The van der Waals surface area contributed by atoms with Gasteiger partial charge in [0.05, 0.1) is 12.2 Å². The molecule has 0 amide bonds. The summed E-state index contributed by atoms with van der Waals surface area (Å²) in [6, 6.07) is 18.5. The van der Waals surface area contributed by atoms with Gasteiger partial charge in [0.25, 0.3) is 0 Å². The Kier molecular flexibility index (Phi) is 6.32. The minimum atomic E-state index is 0.150. The van der Waals surface area contributed by atoms with Crippen LogP contribution in [0.15, 0.2) is 65.3 Å². The lowest BCUT2D eigenvalue weighted by Crippen LogP contribution is -2.24. The van der Waals surface area contributed by atoms with E-state index in [4.69, 9.17) is 9.52 Å². The molecule has 0 spiro atoms. The molecule has 0 aliphatic heterocycles. The lowest BCUT2D eigenvalue weighted by atomic mass is 9.89. The van der Waals surface area contributed by atoms with Crippen molar-refractivity contribution in [3.63, 3.8) is 0 Å². The molecule has 0 saturated heterocycles. The second-order valence-corrected chi connectivity index (χ2v) is 7.33. The van der Waals surface area contributed by atoms with Crippen LogP contribution in [0.3, 0.4) is 0 Å². The van der Waals surface area contributed by atoms with E-state index in [0.717, 1.165) is 51.9 Å². The van der Waals surface area contributed by atoms with E-state index in [0.29, 0.717) is 17.9 Å². The molecule has 3 N–H and O–H groups in total. The van der Waals surface area contributed by atoms with Gasteiger partial charge >= 0.3 is 0 Å². The zero-order valence-corrected chi connectivity index (χ0v) is 17.4. The number of rotatable bonds is 8. The topological polar surface area (TPSA) is 94.1 Å². The van der Waals surface area contributed by atoms with Gasteiger partial charge in [-0.15, -0.1) is 0 Å². The van der Waals surface area contributed by atoms with Gasteiger partial charge in [0.1, 0.15) is 25.4 Å². The number of aromatic nitrogens is 1. The molecule has 2 heterocycles. The highest BCUT2D eigenvalue weighted by molar-refractivity contribution is 6.36. The monoisotopic (exact) mass is 410 g/mol. The summed E-state index contributed by atoms with van der Waals surface area (Å²) in [5, 5.41) is 27.0. The smallest absolute Gasteiger partial charge is 0.142 e. The third kappa shape index (κ3) is 4.61. The van der Waals surface area contributed by atoms with Gasteiger partial charge in [-0.1, -0.05) is 23.7 Å². The van der Waals surface area contributed by atoms with Crippen LogP contribution in [0.2, 0.25) is 0 Å². The Morgan fingerprint density at radius 1 is 0.968 bits per heavy atom.